The molecule has 4 heteroatoms. The van der Waals surface area contributed by atoms with E-state index >= 15 is 0 Å². The molecule has 0 N–H and O–H groups in total. The Kier molecular flexibility index (Phi) is 2.52. The minimum atomic E-state index is 0.483. The summed E-state index contributed by atoms with van der Waals surface area (Å²) in [4.78, 5) is 10.5. The van der Waals surface area contributed by atoms with Crippen molar-refractivity contribution in [3.8, 4) is 11.8 Å². The first-order chi connectivity index (χ1) is 7.74. The van der Waals surface area contributed by atoms with Crippen LogP contribution in [0, 0.1) is 18.3 Å². The van der Waals surface area contributed by atoms with Crippen LogP contribution >= 0.6 is 0 Å². The third-order valence-corrected chi connectivity index (χ3v) is 2.22. The maximum absolute atomic E-state index is 10.5. The third kappa shape index (κ3) is 1.71. The van der Waals surface area contributed by atoms with Crippen LogP contribution in [0.3, 0.4) is 0 Å². The molecule has 0 atom stereocenters. The first-order valence-electron chi connectivity index (χ1n) is 4.77. The lowest BCUT2D eigenvalue weighted by molar-refractivity contribution is 0.112. The molecular formula is C12H9N3O. The Morgan fingerprint density at radius 2 is 2.06 bits per heavy atom. The number of carbonyl (C=O) groups is 1. The molecule has 0 spiro atoms. The van der Waals surface area contributed by atoms with Gasteiger partial charge in [-0.15, -0.1) is 0 Å². The maximum Gasteiger partial charge on any atom is 0.150 e. The number of nitriles is 1. The maximum atomic E-state index is 10.5. The first kappa shape index (κ1) is 10.1. The van der Waals surface area contributed by atoms with Gasteiger partial charge in [0.05, 0.1) is 11.4 Å². The highest BCUT2D eigenvalue weighted by molar-refractivity contribution is 5.75. The van der Waals surface area contributed by atoms with E-state index in [1.54, 1.807) is 35.0 Å². The van der Waals surface area contributed by atoms with E-state index in [0.717, 1.165) is 17.7 Å². The van der Waals surface area contributed by atoms with Gasteiger partial charge >= 0.3 is 0 Å². The zero-order valence-electron chi connectivity index (χ0n) is 8.71. The van der Waals surface area contributed by atoms with Crippen molar-refractivity contribution in [2.45, 2.75) is 6.92 Å². The molecule has 0 aliphatic rings. The second-order valence-corrected chi connectivity index (χ2v) is 3.40. The van der Waals surface area contributed by atoms with Gasteiger partial charge in [0, 0.05) is 5.56 Å². The normalized spacial score (nSPS) is 9.75. The monoisotopic (exact) mass is 211 g/mol. The molecule has 2 rings (SSSR count). The standard InChI is InChI=1S/C12H9N3O/c1-9-6-12(7-13)15(14-9)11-4-2-10(8-16)3-5-11/h2-6,8H,1H3. The van der Waals surface area contributed by atoms with Gasteiger partial charge in [-0.1, -0.05) is 0 Å². The van der Waals surface area contributed by atoms with Gasteiger partial charge in [0.15, 0.2) is 0 Å². The van der Waals surface area contributed by atoms with Crippen molar-refractivity contribution in [2.24, 2.45) is 0 Å². The summed E-state index contributed by atoms with van der Waals surface area (Å²) in [5.41, 5.74) is 2.65. The summed E-state index contributed by atoms with van der Waals surface area (Å²) in [6, 6.07) is 10.7. The average Bonchev–Trinajstić information content (AvgIpc) is 2.70. The van der Waals surface area contributed by atoms with Crippen LogP contribution < -0.4 is 0 Å². The van der Waals surface area contributed by atoms with Crippen LogP contribution in [0.5, 0.6) is 0 Å². The van der Waals surface area contributed by atoms with Gasteiger partial charge in [-0.25, -0.2) is 4.68 Å². The fourth-order valence-electron chi connectivity index (χ4n) is 1.47. The summed E-state index contributed by atoms with van der Waals surface area (Å²) < 4.78 is 1.56. The molecule has 0 saturated heterocycles. The van der Waals surface area contributed by atoms with Crippen LogP contribution in [-0.4, -0.2) is 16.1 Å². The number of carbonyl (C=O) groups excluding carboxylic acids is 1. The van der Waals surface area contributed by atoms with Gasteiger partial charge in [-0.05, 0) is 37.3 Å². The van der Waals surface area contributed by atoms with E-state index in [0.29, 0.717) is 11.3 Å². The molecule has 0 radical (unpaired) electrons. The number of benzene rings is 1. The summed E-state index contributed by atoms with van der Waals surface area (Å²) in [5.74, 6) is 0. The molecule has 0 aliphatic carbocycles. The summed E-state index contributed by atoms with van der Waals surface area (Å²) in [7, 11) is 0. The van der Waals surface area contributed by atoms with E-state index in [1.165, 1.54) is 0 Å². The SMILES string of the molecule is Cc1cc(C#N)n(-c2ccc(C=O)cc2)n1. The van der Waals surface area contributed by atoms with Crippen LogP contribution in [0.15, 0.2) is 30.3 Å². The fraction of sp³-hybridized carbons (Fsp3) is 0.0833. The molecule has 1 heterocycles. The molecule has 2 aromatic rings. The molecule has 0 fully saturated rings. The molecule has 0 amide bonds. The second-order valence-electron chi connectivity index (χ2n) is 3.40. The lowest BCUT2D eigenvalue weighted by Gasteiger charge is -2.02. The van der Waals surface area contributed by atoms with Crippen molar-refractivity contribution >= 4 is 6.29 Å². The topological polar surface area (TPSA) is 58.7 Å². The van der Waals surface area contributed by atoms with Crippen molar-refractivity contribution in [2.75, 3.05) is 0 Å². The average molecular weight is 211 g/mol. The Morgan fingerprint density at radius 1 is 1.38 bits per heavy atom. The smallest absolute Gasteiger partial charge is 0.150 e. The summed E-state index contributed by atoms with van der Waals surface area (Å²) in [6.07, 6.45) is 0.781. The van der Waals surface area contributed by atoms with E-state index in [9.17, 15) is 4.79 Å². The number of aromatic nitrogens is 2. The minimum Gasteiger partial charge on any atom is -0.298 e. The zero-order valence-corrected chi connectivity index (χ0v) is 8.71. The number of nitrogens with zero attached hydrogens (tertiary/aromatic N) is 3. The molecule has 4 nitrogen and oxygen atoms in total. The van der Waals surface area contributed by atoms with Crippen LogP contribution in [-0.2, 0) is 0 Å². The third-order valence-electron chi connectivity index (χ3n) is 2.22. The Balaban J connectivity index is 2.50. The largest absolute Gasteiger partial charge is 0.298 e. The van der Waals surface area contributed by atoms with Gasteiger partial charge in [-0.2, -0.15) is 10.4 Å². The van der Waals surface area contributed by atoms with Crippen LogP contribution in [0.2, 0.25) is 0 Å². The van der Waals surface area contributed by atoms with E-state index in [4.69, 9.17) is 5.26 Å². The van der Waals surface area contributed by atoms with Gasteiger partial charge in [0.1, 0.15) is 18.0 Å². The molecule has 16 heavy (non-hydrogen) atoms. The predicted octanol–water partition coefficient (Wildman–Crippen LogP) is 1.86. The summed E-state index contributed by atoms with van der Waals surface area (Å²) in [6.45, 7) is 1.83. The molecule has 78 valence electrons. The van der Waals surface area contributed by atoms with Crippen molar-refractivity contribution in [1.82, 2.24) is 9.78 Å². The van der Waals surface area contributed by atoms with Crippen LogP contribution in [0.25, 0.3) is 5.69 Å². The summed E-state index contributed by atoms with van der Waals surface area (Å²) >= 11 is 0. The minimum absolute atomic E-state index is 0.483. The molecule has 0 aliphatic heterocycles. The van der Waals surface area contributed by atoms with Crippen molar-refractivity contribution in [3.05, 3.63) is 47.3 Å². The second kappa shape index (κ2) is 3.99. The molecule has 1 aromatic heterocycles. The highest BCUT2D eigenvalue weighted by Gasteiger charge is 2.06. The highest BCUT2D eigenvalue weighted by Crippen LogP contribution is 2.12. The number of aryl methyl sites for hydroxylation is 1. The van der Waals surface area contributed by atoms with Gasteiger partial charge < -0.3 is 0 Å². The highest BCUT2D eigenvalue weighted by atomic mass is 16.1. The molecule has 0 bridgehead atoms. The fourth-order valence-corrected chi connectivity index (χ4v) is 1.47. The van der Waals surface area contributed by atoms with Gasteiger partial charge in [0.2, 0.25) is 0 Å². The molecule has 1 aromatic carbocycles. The summed E-state index contributed by atoms with van der Waals surface area (Å²) in [5, 5.41) is 13.1. The molecule has 0 unspecified atom stereocenters. The Bertz CT molecular complexity index is 561. The van der Waals surface area contributed by atoms with Gasteiger partial charge in [0.25, 0.3) is 0 Å². The predicted molar refractivity (Wildman–Crippen MR) is 58.4 cm³/mol. The molecule has 0 saturated carbocycles. The van der Waals surface area contributed by atoms with Gasteiger partial charge in [-0.3, -0.25) is 4.79 Å². The number of aldehydes is 1. The van der Waals surface area contributed by atoms with E-state index in [-0.39, 0.29) is 0 Å². The number of hydrogen-bond donors (Lipinski definition) is 0. The van der Waals surface area contributed by atoms with Crippen molar-refractivity contribution in [1.29, 1.82) is 5.26 Å². The van der Waals surface area contributed by atoms with E-state index < -0.39 is 0 Å². The Hall–Kier alpha value is -2.41. The number of hydrogen-bond acceptors (Lipinski definition) is 3. The number of rotatable bonds is 2. The Labute approximate surface area is 92.7 Å². The first-order valence-corrected chi connectivity index (χ1v) is 4.77. The van der Waals surface area contributed by atoms with E-state index in [1.807, 2.05) is 6.92 Å². The van der Waals surface area contributed by atoms with Crippen LogP contribution in [0.1, 0.15) is 21.7 Å². The van der Waals surface area contributed by atoms with Crippen molar-refractivity contribution in [3.63, 3.8) is 0 Å². The Morgan fingerprint density at radius 3 is 2.62 bits per heavy atom. The lowest BCUT2D eigenvalue weighted by Crippen LogP contribution is -1.99. The zero-order chi connectivity index (χ0) is 11.5. The van der Waals surface area contributed by atoms with Crippen molar-refractivity contribution < 1.29 is 4.79 Å². The van der Waals surface area contributed by atoms with E-state index in [2.05, 4.69) is 11.2 Å². The lowest BCUT2D eigenvalue weighted by atomic mass is 10.2. The molecular weight excluding hydrogens is 202 g/mol. The van der Waals surface area contributed by atoms with Crippen LogP contribution in [0.4, 0.5) is 0 Å². The quantitative estimate of drug-likeness (QED) is 0.712.